The molecule has 2 fully saturated rings. The van der Waals surface area contributed by atoms with Gasteiger partial charge in [0.25, 0.3) is 5.91 Å². The van der Waals surface area contributed by atoms with Gasteiger partial charge >= 0.3 is 0 Å². The van der Waals surface area contributed by atoms with E-state index in [2.05, 4.69) is 27.1 Å². The summed E-state index contributed by atoms with van der Waals surface area (Å²) in [4.78, 5) is 22.4. The highest BCUT2D eigenvalue weighted by molar-refractivity contribution is 7.15. The van der Waals surface area contributed by atoms with Crippen molar-refractivity contribution in [2.24, 2.45) is 0 Å². The van der Waals surface area contributed by atoms with Crippen LogP contribution >= 0.6 is 11.3 Å². The van der Waals surface area contributed by atoms with Crippen molar-refractivity contribution in [1.82, 2.24) is 24.5 Å². The van der Waals surface area contributed by atoms with Crippen LogP contribution < -0.4 is 5.32 Å². The van der Waals surface area contributed by atoms with E-state index in [0.717, 1.165) is 37.6 Å². The number of carbonyl (C=O) groups excluding carboxylic acids is 1. The molecule has 112 valence electrons. The van der Waals surface area contributed by atoms with E-state index in [4.69, 9.17) is 0 Å². The molecule has 6 nitrogen and oxygen atoms in total. The third-order valence-corrected chi connectivity index (χ3v) is 5.25. The highest BCUT2D eigenvalue weighted by Crippen LogP contribution is 2.22. The van der Waals surface area contributed by atoms with Gasteiger partial charge in [-0.05, 0) is 13.5 Å². The van der Waals surface area contributed by atoms with Crippen LogP contribution in [-0.4, -0.2) is 70.4 Å². The molecule has 2 aromatic heterocycles. The third-order valence-electron chi connectivity index (χ3n) is 4.48. The lowest BCUT2D eigenvalue weighted by atomic mass is 10.1. The Kier molecular flexibility index (Phi) is 3.20. The van der Waals surface area contributed by atoms with Crippen LogP contribution in [0.2, 0.25) is 0 Å². The van der Waals surface area contributed by atoms with Crippen molar-refractivity contribution in [2.75, 3.05) is 33.2 Å². The number of rotatable bonds is 2. The van der Waals surface area contributed by atoms with Gasteiger partial charge in [0.05, 0.1) is 0 Å². The summed E-state index contributed by atoms with van der Waals surface area (Å²) < 4.78 is 1.90. The average Bonchev–Trinajstić information content (AvgIpc) is 3.09. The molecular formula is C14H19N5OS. The largest absolute Gasteiger partial charge is 0.347 e. The van der Waals surface area contributed by atoms with Crippen molar-refractivity contribution in [2.45, 2.75) is 18.5 Å². The Labute approximate surface area is 127 Å². The van der Waals surface area contributed by atoms with Crippen LogP contribution in [0.1, 0.15) is 16.9 Å². The number of hydrogen-bond acceptors (Lipinski definition) is 5. The summed E-state index contributed by atoms with van der Waals surface area (Å²) in [6, 6.07) is 0.827. The zero-order valence-corrected chi connectivity index (χ0v) is 12.8. The van der Waals surface area contributed by atoms with Gasteiger partial charge < -0.3 is 10.2 Å². The second kappa shape index (κ2) is 5.08. The monoisotopic (exact) mass is 305 g/mol. The van der Waals surface area contributed by atoms with Crippen LogP contribution in [0.15, 0.2) is 17.8 Å². The first-order valence-electron chi connectivity index (χ1n) is 7.35. The van der Waals surface area contributed by atoms with E-state index in [0.29, 0.717) is 11.7 Å². The fourth-order valence-electron chi connectivity index (χ4n) is 3.40. The molecule has 2 aliphatic rings. The number of imidazole rings is 1. The maximum Gasteiger partial charge on any atom is 0.271 e. The molecule has 0 bridgehead atoms. The van der Waals surface area contributed by atoms with E-state index < -0.39 is 0 Å². The van der Waals surface area contributed by atoms with Gasteiger partial charge in [0, 0.05) is 56.0 Å². The molecule has 2 aliphatic heterocycles. The van der Waals surface area contributed by atoms with E-state index >= 15 is 0 Å². The molecule has 1 amide bonds. The van der Waals surface area contributed by atoms with Crippen LogP contribution in [0, 0.1) is 0 Å². The number of piperazine rings is 1. The lowest BCUT2D eigenvalue weighted by Gasteiger charge is -2.34. The Morgan fingerprint density at radius 3 is 3.19 bits per heavy atom. The third kappa shape index (κ3) is 2.45. The maximum absolute atomic E-state index is 12.3. The lowest BCUT2D eigenvalue weighted by Crippen LogP contribution is -2.48. The highest BCUT2D eigenvalue weighted by atomic mass is 32.1. The zero-order valence-electron chi connectivity index (χ0n) is 12.0. The number of nitrogens with zero attached hydrogens (tertiary/aromatic N) is 4. The topological polar surface area (TPSA) is 52.9 Å². The van der Waals surface area contributed by atoms with Crippen LogP contribution in [-0.2, 0) is 0 Å². The first kappa shape index (κ1) is 13.2. The molecule has 0 saturated carbocycles. The number of aromatic nitrogens is 2. The summed E-state index contributed by atoms with van der Waals surface area (Å²) in [7, 11) is 2.17. The number of fused-ring (bicyclic) bond motifs is 2. The standard InChI is InChI=1S/C14H19N5OS/c1-17-2-3-18-7-10(6-11(18)8-17)15-13(20)12-9-19-4-5-21-14(19)16-12/h4-5,9-11H,2-3,6-8H2,1H3,(H,15,20)/t10-,11-/m0/s1. The van der Waals surface area contributed by atoms with Gasteiger partial charge in [-0.15, -0.1) is 11.3 Å². The van der Waals surface area contributed by atoms with E-state index in [1.54, 1.807) is 17.5 Å². The summed E-state index contributed by atoms with van der Waals surface area (Å²) in [5.41, 5.74) is 0.517. The fraction of sp³-hybridized carbons (Fsp3) is 0.571. The lowest BCUT2D eigenvalue weighted by molar-refractivity contribution is 0.0932. The SMILES string of the molecule is CN1CCN2C[C@@H](NC(=O)c3cn4ccsc4n3)C[C@H]2C1. The number of likely N-dealkylation sites (N-methyl/N-ethyl adjacent to an activating group) is 1. The molecule has 2 atom stereocenters. The molecule has 4 heterocycles. The maximum atomic E-state index is 12.3. The van der Waals surface area contributed by atoms with Crippen LogP contribution in [0.3, 0.4) is 0 Å². The second-order valence-corrected chi connectivity index (χ2v) is 6.91. The first-order valence-corrected chi connectivity index (χ1v) is 8.22. The molecule has 4 rings (SSSR count). The number of hydrogen-bond donors (Lipinski definition) is 1. The van der Waals surface area contributed by atoms with Crippen molar-refractivity contribution < 1.29 is 4.79 Å². The average molecular weight is 305 g/mol. The van der Waals surface area contributed by atoms with Crippen molar-refractivity contribution in [3.8, 4) is 0 Å². The summed E-state index contributed by atoms with van der Waals surface area (Å²) in [5, 5.41) is 5.11. The van der Waals surface area contributed by atoms with Gasteiger partial charge in [0.15, 0.2) is 4.96 Å². The van der Waals surface area contributed by atoms with Gasteiger partial charge in [-0.25, -0.2) is 4.98 Å². The van der Waals surface area contributed by atoms with Crippen LogP contribution in [0.4, 0.5) is 0 Å². The first-order chi connectivity index (χ1) is 10.2. The predicted molar refractivity (Wildman–Crippen MR) is 81.8 cm³/mol. The predicted octanol–water partition coefficient (Wildman–Crippen LogP) is 0.514. The molecule has 2 saturated heterocycles. The van der Waals surface area contributed by atoms with Crippen molar-refractivity contribution in [3.05, 3.63) is 23.5 Å². The van der Waals surface area contributed by atoms with Crippen molar-refractivity contribution >= 4 is 22.2 Å². The highest BCUT2D eigenvalue weighted by Gasteiger charge is 2.36. The number of carbonyl (C=O) groups is 1. The molecule has 21 heavy (non-hydrogen) atoms. The summed E-state index contributed by atoms with van der Waals surface area (Å²) >= 11 is 1.54. The smallest absolute Gasteiger partial charge is 0.271 e. The fourth-order valence-corrected chi connectivity index (χ4v) is 4.10. The van der Waals surface area contributed by atoms with Gasteiger partial charge in [0.1, 0.15) is 5.69 Å². The number of thiazole rings is 1. The Hall–Kier alpha value is -1.44. The van der Waals surface area contributed by atoms with Gasteiger partial charge in [0.2, 0.25) is 0 Å². The molecule has 0 unspecified atom stereocenters. The summed E-state index contributed by atoms with van der Waals surface area (Å²) in [6.07, 6.45) is 4.77. The minimum atomic E-state index is -0.0518. The Morgan fingerprint density at radius 1 is 1.43 bits per heavy atom. The van der Waals surface area contributed by atoms with Gasteiger partial charge in [-0.1, -0.05) is 0 Å². The van der Waals surface area contributed by atoms with E-state index in [9.17, 15) is 4.79 Å². The normalized spacial score (nSPS) is 27.1. The van der Waals surface area contributed by atoms with Crippen molar-refractivity contribution in [3.63, 3.8) is 0 Å². The number of nitrogens with one attached hydrogen (secondary N) is 1. The molecule has 2 aromatic rings. The minimum Gasteiger partial charge on any atom is -0.347 e. The Bertz CT molecular complexity index is 637. The summed E-state index contributed by atoms with van der Waals surface area (Å²) in [6.45, 7) is 4.29. The summed E-state index contributed by atoms with van der Waals surface area (Å²) in [5.74, 6) is -0.0518. The van der Waals surface area contributed by atoms with Crippen LogP contribution in [0.5, 0.6) is 0 Å². The van der Waals surface area contributed by atoms with Gasteiger partial charge in [-0.3, -0.25) is 14.1 Å². The van der Waals surface area contributed by atoms with E-state index in [-0.39, 0.29) is 11.9 Å². The molecule has 1 N–H and O–H groups in total. The second-order valence-electron chi connectivity index (χ2n) is 6.04. The molecule has 0 aliphatic carbocycles. The molecule has 0 spiro atoms. The van der Waals surface area contributed by atoms with Crippen molar-refractivity contribution in [1.29, 1.82) is 0 Å². The minimum absolute atomic E-state index is 0.0518. The zero-order chi connectivity index (χ0) is 14.4. The molecule has 0 aromatic carbocycles. The van der Waals surface area contributed by atoms with E-state index in [1.807, 2.05) is 16.0 Å². The molecule has 7 heteroatoms. The quantitative estimate of drug-likeness (QED) is 0.878. The molecule has 0 radical (unpaired) electrons. The number of amides is 1. The van der Waals surface area contributed by atoms with Crippen LogP contribution in [0.25, 0.3) is 4.96 Å². The Balaban J connectivity index is 1.42. The molecular weight excluding hydrogens is 286 g/mol. The van der Waals surface area contributed by atoms with Gasteiger partial charge in [-0.2, -0.15) is 0 Å². The van der Waals surface area contributed by atoms with E-state index in [1.165, 1.54) is 0 Å². The Morgan fingerprint density at radius 2 is 2.33 bits per heavy atom.